The molecule has 3 aromatic rings. The summed E-state index contributed by atoms with van der Waals surface area (Å²) in [5.74, 6) is 0.303. The number of amides is 1. The van der Waals surface area contributed by atoms with Crippen LogP contribution in [0.4, 0.5) is 5.69 Å². The van der Waals surface area contributed by atoms with E-state index in [0.717, 1.165) is 16.7 Å². The van der Waals surface area contributed by atoms with Gasteiger partial charge in [-0.1, -0.05) is 17.2 Å². The van der Waals surface area contributed by atoms with Gasteiger partial charge in [0.25, 0.3) is 5.91 Å². The molecule has 3 rings (SSSR count). The Hall–Kier alpha value is -3.48. The SMILES string of the molecule is Cc1cc(C)cc(-c2ncn(/C=C\C(=O)NNc3cccnc3)n2)c1. The van der Waals surface area contributed by atoms with Crippen LogP contribution in [0.25, 0.3) is 17.6 Å². The molecule has 0 bridgehead atoms. The summed E-state index contributed by atoms with van der Waals surface area (Å²) in [6.45, 7) is 4.07. The van der Waals surface area contributed by atoms with E-state index in [4.69, 9.17) is 0 Å². The number of nitrogens with one attached hydrogen (secondary N) is 2. The third-order valence-corrected chi connectivity index (χ3v) is 3.36. The van der Waals surface area contributed by atoms with Crippen molar-refractivity contribution in [3.8, 4) is 11.4 Å². The number of carbonyl (C=O) groups is 1. The molecule has 2 N–H and O–H groups in total. The highest BCUT2D eigenvalue weighted by molar-refractivity contribution is 5.90. The molecule has 25 heavy (non-hydrogen) atoms. The van der Waals surface area contributed by atoms with Crippen molar-refractivity contribution in [3.05, 3.63) is 66.3 Å². The first-order chi connectivity index (χ1) is 12.1. The van der Waals surface area contributed by atoms with E-state index in [0.29, 0.717) is 11.5 Å². The normalized spacial score (nSPS) is 10.8. The van der Waals surface area contributed by atoms with Crippen LogP contribution in [0.3, 0.4) is 0 Å². The molecule has 0 aliphatic rings. The van der Waals surface area contributed by atoms with Gasteiger partial charge in [0.2, 0.25) is 0 Å². The minimum absolute atomic E-state index is 0.313. The van der Waals surface area contributed by atoms with E-state index in [2.05, 4.69) is 32.0 Å². The first kappa shape index (κ1) is 16.4. The van der Waals surface area contributed by atoms with E-state index in [1.54, 1.807) is 37.1 Å². The van der Waals surface area contributed by atoms with Gasteiger partial charge in [-0.25, -0.2) is 9.67 Å². The highest BCUT2D eigenvalue weighted by atomic mass is 16.2. The molecule has 7 nitrogen and oxygen atoms in total. The van der Waals surface area contributed by atoms with Crippen molar-refractivity contribution >= 4 is 17.8 Å². The van der Waals surface area contributed by atoms with E-state index >= 15 is 0 Å². The molecule has 0 fully saturated rings. The molecule has 0 aliphatic heterocycles. The van der Waals surface area contributed by atoms with Crippen LogP contribution in [0.1, 0.15) is 11.1 Å². The number of benzene rings is 1. The molecular formula is C18H18N6O. The van der Waals surface area contributed by atoms with Crippen LogP contribution < -0.4 is 10.9 Å². The molecule has 0 saturated carbocycles. The Morgan fingerprint density at radius 1 is 1.20 bits per heavy atom. The Bertz CT molecular complexity index is 881. The smallest absolute Gasteiger partial charge is 0.263 e. The second-order valence-corrected chi connectivity index (χ2v) is 5.60. The fraction of sp³-hybridized carbons (Fsp3) is 0.111. The lowest BCUT2D eigenvalue weighted by atomic mass is 10.1. The highest BCUT2D eigenvalue weighted by Gasteiger charge is 2.05. The fourth-order valence-electron chi connectivity index (χ4n) is 2.34. The van der Waals surface area contributed by atoms with Gasteiger partial charge in [0, 0.05) is 24.0 Å². The number of hydrazine groups is 1. The number of pyridine rings is 1. The van der Waals surface area contributed by atoms with Crippen molar-refractivity contribution in [1.29, 1.82) is 0 Å². The van der Waals surface area contributed by atoms with Gasteiger partial charge in [-0.15, -0.1) is 5.10 Å². The number of hydrogen-bond donors (Lipinski definition) is 2. The number of aryl methyl sites for hydroxylation is 2. The lowest BCUT2D eigenvalue weighted by Gasteiger charge is -2.04. The second-order valence-electron chi connectivity index (χ2n) is 5.60. The monoisotopic (exact) mass is 334 g/mol. The number of carbonyl (C=O) groups excluding carboxylic acids is 1. The van der Waals surface area contributed by atoms with Crippen molar-refractivity contribution < 1.29 is 4.79 Å². The summed E-state index contributed by atoms with van der Waals surface area (Å²) in [6.07, 6.45) is 7.73. The first-order valence-electron chi connectivity index (χ1n) is 7.74. The largest absolute Gasteiger partial charge is 0.297 e. The Morgan fingerprint density at radius 2 is 2.00 bits per heavy atom. The zero-order valence-corrected chi connectivity index (χ0v) is 14.0. The maximum atomic E-state index is 11.8. The van der Waals surface area contributed by atoms with Crippen molar-refractivity contribution in [2.75, 3.05) is 5.43 Å². The summed E-state index contributed by atoms with van der Waals surface area (Å²) >= 11 is 0. The average Bonchev–Trinajstić information content (AvgIpc) is 3.07. The second kappa shape index (κ2) is 7.39. The van der Waals surface area contributed by atoms with Gasteiger partial charge >= 0.3 is 0 Å². The Balaban J connectivity index is 1.62. The van der Waals surface area contributed by atoms with Crippen LogP contribution >= 0.6 is 0 Å². The quantitative estimate of drug-likeness (QED) is 0.553. The average molecular weight is 334 g/mol. The Labute approximate surface area is 145 Å². The molecule has 2 aromatic heterocycles. The van der Waals surface area contributed by atoms with E-state index < -0.39 is 0 Å². The zero-order chi connectivity index (χ0) is 17.6. The van der Waals surface area contributed by atoms with E-state index in [1.807, 2.05) is 26.0 Å². The maximum absolute atomic E-state index is 11.8. The number of nitrogens with zero attached hydrogens (tertiary/aromatic N) is 4. The molecule has 126 valence electrons. The van der Waals surface area contributed by atoms with Crippen LogP contribution in [-0.4, -0.2) is 25.7 Å². The number of rotatable bonds is 5. The summed E-state index contributed by atoms with van der Waals surface area (Å²) in [4.78, 5) is 20.0. The highest BCUT2D eigenvalue weighted by Crippen LogP contribution is 2.18. The van der Waals surface area contributed by atoms with Gasteiger partial charge < -0.3 is 0 Å². The number of aromatic nitrogens is 4. The minimum atomic E-state index is -0.313. The lowest BCUT2D eigenvalue weighted by Crippen LogP contribution is -2.27. The standard InChI is InChI=1S/C18H18N6O/c1-13-8-14(2)10-15(9-13)18-20-12-24(23-18)7-5-17(25)22-21-16-4-3-6-19-11-16/h3-12,21H,1-2H3,(H,22,25)/b7-5-. The van der Waals surface area contributed by atoms with Gasteiger partial charge in [0.1, 0.15) is 6.33 Å². The molecule has 2 heterocycles. The third-order valence-electron chi connectivity index (χ3n) is 3.36. The van der Waals surface area contributed by atoms with Gasteiger partial charge in [-0.05, 0) is 38.1 Å². The molecule has 1 amide bonds. The van der Waals surface area contributed by atoms with Crippen LogP contribution in [0.2, 0.25) is 0 Å². The summed E-state index contributed by atoms with van der Waals surface area (Å²) < 4.78 is 1.50. The summed E-state index contributed by atoms with van der Waals surface area (Å²) in [7, 11) is 0. The molecule has 0 aliphatic carbocycles. The van der Waals surface area contributed by atoms with Crippen molar-refractivity contribution in [2.24, 2.45) is 0 Å². The molecule has 0 radical (unpaired) electrons. The van der Waals surface area contributed by atoms with Crippen molar-refractivity contribution in [3.63, 3.8) is 0 Å². The Morgan fingerprint density at radius 3 is 2.72 bits per heavy atom. The van der Waals surface area contributed by atoms with E-state index in [1.165, 1.54) is 10.8 Å². The van der Waals surface area contributed by atoms with Crippen LogP contribution in [0.15, 0.2) is 55.1 Å². The summed E-state index contributed by atoms with van der Waals surface area (Å²) in [5, 5.41) is 4.36. The van der Waals surface area contributed by atoms with Gasteiger partial charge in [0.15, 0.2) is 5.82 Å². The summed E-state index contributed by atoms with van der Waals surface area (Å²) in [5.41, 5.74) is 9.27. The van der Waals surface area contributed by atoms with Gasteiger partial charge in [0.05, 0.1) is 11.9 Å². The van der Waals surface area contributed by atoms with Crippen LogP contribution in [-0.2, 0) is 4.79 Å². The predicted octanol–water partition coefficient (Wildman–Crippen LogP) is 2.57. The van der Waals surface area contributed by atoms with Crippen LogP contribution in [0, 0.1) is 13.8 Å². The molecule has 1 aromatic carbocycles. The predicted molar refractivity (Wildman–Crippen MR) is 96.3 cm³/mol. The van der Waals surface area contributed by atoms with Crippen molar-refractivity contribution in [2.45, 2.75) is 13.8 Å². The summed E-state index contributed by atoms with van der Waals surface area (Å²) in [6, 6.07) is 9.72. The molecule has 0 atom stereocenters. The molecule has 7 heteroatoms. The molecule has 0 unspecified atom stereocenters. The molecule has 0 spiro atoms. The first-order valence-corrected chi connectivity index (χ1v) is 7.74. The zero-order valence-electron chi connectivity index (χ0n) is 14.0. The van der Waals surface area contributed by atoms with E-state index in [-0.39, 0.29) is 5.91 Å². The van der Waals surface area contributed by atoms with Gasteiger partial charge in [-0.3, -0.25) is 20.6 Å². The topological polar surface area (TPSA) is 84.7 Å². The van der Waals surface area contributed by atoms with Crippen molar-refractivity contribution in [1.82, 2.24) is 25.2 Å². The third kappa shape index (κ3) is 4.51. The lowest BCUT2D eigenvalue weighted by molar-refractivity contribution is -0.116. The Kier molecular flexibility index (Phi) is 4.84. The van der Waals surface area contributed by atoms with Crippen LogP contribution in [0.5, 0.6) is 0 Å². The molecule has 0 saturated heterocycles. The maximum Gasteiger partial charge on any atom is 0.263 e. The number of anilines is 1. The minimum Gasteiger partial charge on any atom is -0.297 e. The fourth-order valence-corrected chi connectivity index (χ4v) is 2.34. The molecular weight excluding hydrogens is 316 g/mol. The van der Waals surface area contributed by atoms with E-state index in [9.17, 15) is 4.79 Å². The number of hydrogen-bond acceptors (Lipinski definition) is 5. The van der Waals surface area contributed by atoms with Gasteiger partial charge in [-0.2, -0.15) is 0 Å².